The number of carbonyl (C=O) groups is 2. The van der Waals surface area contributed by atoms with Gasteiger partial charge in [0, 0.05) is 23.7 Å². The molecule has 1 aliphatic rings. The molecule has 1 aromatic rings. The van der Waals surface area contributed by atoms with E-state index in [1.807, 2.05) is 4.90 Å². The van der Waals surface area contributed by atoms with Crippen molar-refractivity contribution in [2.45, 2.75) is 6.10 Å². The Morgan fingerprint density at radius 3 is 2.76 bits per heavy atom. The minimum atomic E-state index is -0.455. The Kier molecular flexibility index (Phi) is 5.69. The van der Waals surface area contributed by atoms with E-state index in [1.54, 1.807) is 24.3 Å². The molecule has 0 radical (unpaired) electrons. The summed E-state index contributed by atoms with van der Waals surface area (Å²) in [4.78, 5) is 25.6. The SMILES string of the molecule is O=C(CN1CCOC(CO)C1)NC(=O)c1ccc(Cl)cc1. The normalized spacial score (nSPS) is 19.2. The lowest BCUT2D eigenvalue weighted by Gasteiger charge is -2.31. The number of carbonyl (C=O) groups excluding carboxylic acids is 2. The molecule has 2 rings (SSSR count). The van der Waals surface area contributed by atoms with E-state index in [0.29, 0.717) is 30.3 Å². The zero-order chi connectivity index (χ0) is 15.2. The van der Waals surface area contributed by atoms with E-state index in [2.05, 4.69) is 5.32 Å². The van der Waals surface area contributed by atoms with Crippen LogP contribution in [0.15, 0.2) is 24.3 Å². The molecule has 2 amide bonds. The Bertz CT molecular complexity index is 506. The molecule has 1 aromatic carbocycles. The number of aliphatic hydroxyl groups excluding tert-OH is 1. The number of aliphatic hydroxyl groups is 1. The Morgan fingerprint density at radius 2 is 2.10 bits per heavy atom. The van der Waals surface area contributed by atoms with E-state index >= 15 is 0 Å². The number of nitrogens with zero attached hydrogens (tertiary/aromatic N) is 1. The van der Waals surface area contributed by atoms with Gasteiger partial charge in [-0.05, 0) is 24.3 Å². The average molecular weight is 313 g/mol. The summed E-state index contributed by atoms with van der Waals surface area (Å²) in [7, 11) is 0. The standard InChI is InChI=1S/C14H17ClN2O4/c15-11-3-1-10(2-4-11)14(20)16-13(19)8-17-5-6-21-12(7-17)9-18/h1-4,12,18H,5-9H2,(H,16,19,20). The van der Waals surface area contributed by atoms with Crippen LogP contribution in [0, 0.1) is 0 Å². The zero-order valence-corrected chi connectivity index (χ0v) is 12.2. The van der Waals surface area contributed by atoms with Crippen molar-refractivity contribution in [1.82, 2.24) is 10.2 Å². The molecule has 1 unspecified atom stereocenters. The lowest BCUT2D eigenvalue weighted by atomic mass is 10.2. The summed E-state index contributed by atoms with van der Waals surface area (Å²) >= 11 is 5.74. The van der Waals surface area contributed by atoms with Crippen molar-refractivity contribution in [3.05, 3.63) is 34.9 Å². The summed E-state index contributed by atoms with van der Waals surface area (Å²) in [6, 6.07) is 6.30. The zero-order valence-electron chi connectivity index (χ0n) is 11.4. The summed E-state index contributed by atoms with van der Waals surface area (Å²) in [5.74, 6) is -0.836. The largest absolute Gasteiger partial charge is 0.394 e. The molecule has 7 heteroatoms. The monoisotopic (exact) mass is 312 g/mol. The Hall–Kier alpha value is -1.47. The first-order valence-corrected chi connectivity index (χ1v) is 7.01. The Morgan fingerprint density at radius 1 is 1.38 bits per heavy atom. The highest BCUT2D eigenvalue weighted by Crippen LogP contribution is 2.09. The molecule has 2 N–H and O–H groups in total. The van der Waals surface area contributed by atoms with E-state index in [0.717, 1.165) is 0 Å². The number of hydrogen-bond acceptors (Lipinski definition) is 5. The fourth-order valence-corrected chi connectivity index (χ4v) is 2.20. The van der Waals surface area contributed by atoms with Gasteiger partial charge in [0.15, 0.2) is 0 Å². The van der Waals surface area contributed by atoms with Crippen LogP contribution in [0.3, 0.4) is 0 Å². The second-order valence-electron chi connectivity index (χ2n) is 4.79. The van der Waals surface area contributed by atoms with Crippen molar-refractivity contribution >= 4 is 23.4 Å². The molecule has 0 aromatic heterocycles. The van der Waals surface area contributed by atoms with Gasteiger partial charge in [0.25, 0.3) is 5.91 Å². The first-order valence-electron chi connectivity index (χ1n) is 6.63. The lowest BCUT2D eigenvalue weighted by Crippen LogP contribution is -2.48. The minimum Gasteiger partial charge on any atom is -0.394 e. The van der Waals surface area contributed by atoms with Gasteiger partial charge in [-0.1, -0.05) is 11.6 Å². The molecule has 6 nitrogen and oxygen atoms in total. The molecule has 1 heterocycles. The predicted octanol–water partition coefficient (Wildman–Crippen LogP) is 0.289. The van der Waals surface area contributed by atoms with Crippen molar-refractivity contribution in [1.29, 1.82) is 0 Å². The second kappa shape index (κ2) is 7.51. The third kappa shape index (κ3) is 4.78. The molecule has 0 bridgehead atoms. The van der Waals surface area contributed by atoms with Crippen LogP contribution in [0.4, 0.5) is 0 Å². The third-order valence-electron chi connectivity index (χ3n) is 3.15. The summed E-state index contributed by atoms with van der Waals surface area (Å²) < 4.78 is 5.30. The van der Waals surface area contributed by atoms with Crippen molar-refractivity contribution in [3.63, 3.8) is 0 Å². The van der Waals surface area contributed by atoms with E-state index in [9.17, 15) is 9.59 Å². The topological polar surface area (TPSA) is 78.9 Å². The van der Waals surface area contributed by atoms with E-state index in [1.165, 1.54) is 0 Å². The lowest BCUT2D eigenvalue weighted by molar-refractivity contribution is -0.123. The number of rotatable bonds is 4. The molecule has 0 saturated carbocycles. The summed E-state index contributed by atoms with van der Waals surface area (Å²) in [6.07, 6.45) is -0.279. The van der Waals surface area contributed by atoms with E-state index in [-0.39, 0.29) is 25.2 Å². The van der Waals surface area contributed by atoms with Crippen LogP contribution in [0.2, 0.25) is 5.02 Å². The van der Waals surface area contributed by atoms with Gasteiger partial charge in [-0.15, -0.1) is 0 Å². The van der Waals surface area contributed by atoms with Gasteiger partial charge < -0.3 is 9.84 Å². The van der Waals surface area contributed by atoms with Crippen molar-refractivity contribution < 1.29 is 19.4 Å². The number of imide groups is 1. The van der Waals surface area contributed by atoms with Gasteiger partial charge in [0.1, 0.15) is 0 Å². The molecule has 21 heavy (non-hydrogen) atoms. The van der Waals surface area contributed by atoms with Crippen molar-refractivity contribution in [2.75, 3.05) is 32.8 Å². The first kappa shape index (κ1) is 15.9. The number of morpholine rings is 1. The third-order valence-corrected chi connectivity index (χ3v) is 3.41. The van der Waals surface area contributed by atoms with Crippen molar-refractivity contribution in [2.24, 2.45) is 0 Å². The molecular weight excluding hydrogens is 296 g/mol. The molecule has 0 aliphatic carbocycles. The van der Waals surface area contributed by atoms with Crippen LogP contribution in [0.1, 0.15) is 10.4 Å². The van der Waals surface area contributed by atoms with Gasteiger partial charge >= 0.3 is 0 Å². The van der Waals surface area contributed by atoms with Crippen LogP contribution < -0.4 is 5.32 Å². The molecule has 1 aliphatic heterocycles. The molecule has 114 valence electrons. The van der Waals surface area contributed by atoms with Gasteiger partial charge in [0.05, 0.1) is 25.9 Å². The highest BCUT2D eigenvalue weighted by atomic mass is 35.5. The maximum atomic E-state index is 11.9. The fourth-order valence-electron chi connectivity index (χ4n) is 2.08. The number of nitrogens with one attached hydrogen (secondary N) is 1. The van der Waals surface area contributed by atoms with E-state index in [4.69, 9.17) is 21.4 Å². The fraction of sp³-hybridized carbons (Fsp3) is 0.429. The number of halogens is 1. The van der Waals surface area contributed by atoms with Gasteiger partial charge in [-0.25, -0.2) is 0 Å². The maximum Gasteiger partial charge on any atom is 0.257 e. The summed E-state index contributed by atoms with van der Waals surface area (Å²) in [5, 5.41) is 11.9. The number of ether oxygens (including phenoxy) is 1. The molecule has 0 spiro atoms. The van der Waals surface area contributed by atoms with E-state index < -0.39 is 5.91 Å². The highest BCUT2D eigenvalue weighted by molar-refractivity contribution is 6.30. The maximum absolute atomic E-state index is 11.9. The molecule has 1 saturated heterocycles. The summed E-state index contributed by atoms with van der Waals surface area (Å²) in [6.45, 7) is 1.54. The van der Waals surface area contributed by atoms with Crippen LogP contribution in [-0.2, 0) is 9.53 Å². The molecule has 1 fully saturated rings. The minimum absolute atomic E-state index is 0.0815. The molecule has 1 atom stereocenters. The van der Waals surface area contributed by atoms with Gasteiger partial charge in [-0.3, -0.25) is 19.8 Å². The highest BCUT2D eigenvalue weighted by Gasteiger charge is 2.22. The predicted molar refractivity (Wildman–Crippen MR) is 77.2 cm³/mol. The smallest absolute Gasteiger partial charge is 0.257 e. The second-order valence-corrected chi connectivity index (χ2v) is 5.23. The molecular formula is C14H17ClN2O4. The number of hydrogen-bond donors (Lipinski definition) is 2. The average Bonchev–Trinajstić information content (AvgIpc) is 2.47. The Balaban J connectivity index is 1.83. The van der Waals surface area contributed by atoms with Crippen LogP contribution in [0.25, 0.3) is 0 Å². The summed E-state index contributed by atoms with van der Waals surface area (Å²) in [5.41, 5.74) is 0.378. The number of benzene rings is 1. The van der Waals surface area contributed by atoms with Gasteiger partial charge in [0.2, 0.25) is 5.91 Å². The van der Waals surface area contributed by atoms with Crippen LogP contribution in [0.5, 0.6) is 0 Å². The van der Waals surface area contributed by atoms with Crippen LogP contribution in [-0.4, -0.2) is 60.8 Å². The quantitative estimate of drug-likeness (QED) is 0.835. The van der Waals surface area contributed by atoms with Gasteiger partial charge in [-0.2, -0.15) is 0 Å². The van der Waals surface area contributed by atoms with Crippen molar-refractivity contribution in [3.8, 4) is 0 Å². The van der Waals surface area contributed by atoms with Crippen LogP contribution >= 0.6 is 11.6 Å². The Labute approximate surface area is 127 Å². The first-order chi connectivity index (χ1) is 10.1. The number of amides is 2.